The van der Waals surface area contributed by atoms with Crippen LogP contribution >= 0.6 is 11.3 Å². The predicted molar refractivity (Wildman–Crippen MR) is 248 cm³/mol. The summed E-state index contributed by atoms with van der Waals surface area (Å²) in [7, 11) is 0. The molecule has 7 rings (SSSR count). The van der Waals surface area contributed by atoms with Crippen LogP contribution in [0.25, 0.3) is 21.9 Å². The summed E-state index contributed by atoms with van der Waals surface area (Å²) < 4.78 is 133. The van der Waals surface area contributed by atoms with E-state index >= 15 is 8.78 Å². The molecule has 0 bridgehead atoms. The van der Waals surface area contributed by atoms with Gasteiger partial charge in [0, 0.05) is 31.2 Å². The first-order valence-corrected chi connectivity index (χ1v) is 23.4. The van der Waals surface area contributed by atoms with Crippen molar-refractivity contribution in [3.63, 3.8) is 0 Å². The van der Waals surface area contributed by atoms with E-state index in [1.54, 1.807) is 32.5 Å². The Morgan fingerprint density at radius 3 is 2.37 bits per heavy atom. The fraction of sp³-hybridized carbons (Fsp3) is 0.408. The van der Waals surface area contributed by atoms with Gasteiger partial charge < -0.3 is 34.1 Å². The molecule has 0 radical (unpaired) electrons. The number of β-amino-alcohol motifs (C(OH)–C–C–N with tert-alkyl or cyclic N) is 1. The SMILES string of the molecule is C=C1N(c2ccc(C#N)c(C(F)(F)F)c2F)C(=O)C(C)(C)N1c1cnc(-c2ccc(OCCCCOCC(=O)N[C@H](C(=O)N3C[C@H](O)C[C@H]3c3ncc(-c4scnc4C)o3)C(C)(C)C)cc2C(F)(F)F)c(F)c1. The molecule has 24 heteroatoms. The first-order valence-electron chi connectivity index (χ1n) is 22.5. The number of ether oxygens (including phenoxy) is 2. The molecule has 3 amide bonds. The maximum atomic E-state index is 15.9. The van der Waals surface area contributed by atoms with E-state index in [1.807, 2.05) is 6.92 Å². The van der Waals surface area contributed by atoms with Crippen molar-refractivity contribution in [2.24, 2.45) is 5.41 Å². The number of benzene rings is 2. The van der Waals surface area contributed by atoms with Crippen LogP contribution in [-0.2, 0) is 31.5 Å². The summed E-state index contributed by atoms with van der Waals surface area (Å²) in [5, 5.41) is 22.5. The van der Waals surface area contributed by atoms with Crippen LogP contribution in [-0.4, -0.2) is 86.7 Å². The van der Waals surface area contributed by atoms with E-state index in [0.29, 0.717) is 29.2 Å². The number of pyridine rings is 1. The number of anilines is 2. The van der Waals surface area contributed by atoms with Crippen LogP contribution in [0.2, 0.25) is 0 Å². The van der Waals surface area contributed by atoms with Crippen molar-refractivity contribution in [1.82, 2.24) is 25.2 Å². The topological polar surface area (TPSA) is 187 Å². The minimum atomic E-state index is -5.32. The lowest BCUT2D eigenvalue weighted by Crippen LogP contribution is -2.55. The Morgan fingerprint density at radius 2 is 1.74 bits per heavy atom. The molecule has 3 aromatic heterocycles. The number of alkyl halides is 6. The monoisotopic (exact) mass is 1040 g/mol. The number of carbonyl (C=O) groups is 3. The normalized spacial score (nSPS) is 17.6. The van der Waals surface area contributed by atoms with Gasteiger partial charge in [0.05, 0.1) is 69.8 Å². The summed E-state index contributed by atoms with van der Waals surface area (Å²) in [6.45, 7) is 13.0. The number of hydrogen-bond donors (Lipinski definition) is 2. The molecule has 2 aliphatic rings. The summed E-state index contributed by atoms with van der Waals surface area (Å²) in [6, 6.07) is 4.56. The van der Waals surface area contributed by atoms with Gasteiger partial charge in [0.25, 0.3) is 5.91 Å². The molecule has 2 aromatic carbocycles. The van der Waals surface area contributed by atoms with Crippen molar-refractivity contribution in [1.29, 1.82) is 5.26 Å². The van der Waals surface area contributed by atoms with Crippen LogP contribution in [0.3, 0.4) is 0 Å². The minimum Gasteiger partial charge on any atom is -0.494 e. The van der Waals surface area contributed by atoms with E-state index in [0.717, 1.165) is 39.9 Å². The molecule has 3 atom stereocenters. The number of thiazole rings is 1. The number of nitrogens with zero attached hydrogens (tertiary/aromatic N) is 7. The van der Waals surface area contributed by atoms with Gasteiger partial charge in [-0.3, -0.25) is 24.3 Å². The highest BCUT2D eigenvalue weighted by Gasteiger charge is 2.52. The van der Waals surface area contributed by atoms with Gasteiger partial charge in [-0.2, -0.15) is 31.6 Å². The average molecular weight is 1050 g/mol. The van der Waals surface area contributed by atoms with E-state index in [2.05, 4.69) is 26.8 Å². The summed E-state index contributed by atoms with van der Waals surface area (Å²) in [5.41, 5.74) is -6.94. The lowest BCUT2D eigenvalue weighted by molar-refractivity contribution is -0.142. The standard InChI is InChI=1S/C49H48F8N8O7S/c1-25-41(73-24-61-25)36-21-60-43(72-36)35-17-29(66)22-63(35)44(68)42(46(3,4)5)62-37(67)23-70-14-8-9-15-71-30-11-12-31(32(18-30)48(52,53)54)40-33(50)16-28(20-59-40)65-26(2)64(45(69)47(65,6)7)34-13-10-27(19-58)38(39(34)51)49(55,56)57/h10-13,16,18,20-21,24,29,35,42,66H,2,8-9,14-15,17,22-23H2,1,3-7H3,(H,62,67)/t29-,35+,42-/m1/s1. The molecule has 0 unspecified atom stereocenters. The molecular weight excluding hydrogens is 997 g/mol. The molecule has 2 aliphatic heterocycles. The van der Waals surface area contributed by atoms with Gasteiger partial charge in [0.2, 0.25) is 17.7 Å². The highest BCUT2D eigenvalue weighted by atomic mass is 32.1. The minimum absolute atomic E-state index is 0.00689. The number of aromatic nitrogens is 3. The average Bonchev–Trinajstić information content (AvgIpc) is 4.09. The van der Waals surface area contributed by atoms with E-state index in [9.17, 15) is 51.1 Å². The fourth-order valence-electron chi connectivity index (χ4n) is 8.59. The van der Waals surface area contributed by atoms with Gasteiger partial charge in [-0.05, 0) is 69.4 Å². The number of aryl methyl sites for hydroxylation is 1. The van der Waals surface area contributed by atoms with E-state index < -0.39 is 117 Å². The van der Waals surface area contributed by atoms with Gasteiger partial charge in [-0.15, -0.1) is 11.3 Å². The van der Waals surface area contributed by atoms with Gasteiger partial charge in [-0.25, -0.2) is 18.7 Å². The Morgan fingerprint density at radius 1 is 1.03 bits per heavy atom. The molecule has 5 aromatic rings. The third-order valence-corrected chi connectivity index (χ3v) is 13.1. The Balaban J connectivity index is 0.942. The summed E-state index contributed by atoms with van der Waals surface area (Å²) >= 11 is 1.38. The Kier molecular flexibility index (Phi) is 15.1. The van der Waals surface area contributed by atoms with Crippen molar-refractivity contribution in [3.8, 4) is 33.7 Å². The van der Waals surface area contributed by atoms with Crippen molar-refractivity contribution in [2.45, 2.75) is 96.9 Å². The molecule has 2 N–H and O–H groups in total. The number of oxazole rings is 1. The number of amides is 3. The summed E-state index contributed by atoms with van der Waals surface area (Å²) in [6.07, 6.45) is -7.99. The molecule has 73 heavy (non-hydrogen) atoms. The Bertz CT molecular complexity index is 2980. The summed E-state index contributed by atoms with van der Waals surface area (Å²) in [4.78, 5) is 57.1. The molecular formula is C49H48F8N8O7S. The van der Waals surface area contributed by atoms with Crippen molar-refractivity contribution in [2.75, 3.05) is 36.2 Å². The number of nitrogens with one attached hydrogen (secondary N) is 1. The molecule has 5 heterocycles. The number of rotatable bonds is 15. The van der Waals surface area contributed by atoms with Crippen molar-refractivity contribution in [3.05, 3.63) is 107 Å². The van der Waals surface area contributed by atoms with Gasteiger partial charge >= 0.3 is 12.4 Å². The van der Waals surface area contributed by atoms with Gasteiger partial charge in [0.1, 0.15) is 47.1 Å². The smallest absolute Gasteiger partial charge is 0.420 e. The maximum Gasteiger partial charge on any atom is 0.420 e. The third kappa shape index (κ3) is 11.0. The number of aliphatic hydroxyl groups is 1. The van der Waals surface area contributed by atoms with E-state index in [1.165, 1.54) is 42.2 Å². The van der Waals surface area contributed by atoms with Gasteiger partial charge in [0.15, 0.2) is 17.4 Å². The second kappa shape index (κ2) is 20.5. The van der Waals surface area contributed by atoms with Gasteiger partial charge in [-0.1, -0.05) is 27.4 Å². The molecule has 0 aliphatic carbocycles. The van der Waals surface area contributed by atoms with Crippen LogP contribution in [0.4, 0.5) is 46.5 Å². The molecule has 0 saturated carbocycles. The zero-order valence-electron chi connectivity index (χ0n) is 40.0. The van der Waals surface area contributed by atoms with Crippen LogP contribution < -0.4 is 19.9 Å². The summed E-state index contributed by atoms with van der Waals surface area (Å²) in [5.74, 6) is -5.20. The largest absolute Gasteiger partial charge is 0.494 e. The molecule has 388 valence electrons. The molecule has 15 nitrogen and oxygen atoms in total. The maximum absolute atomic E-state index is 15.9. The second-order valence-corrected chi connectivity index (χ2v) is 19.7. The zero-order chi connectivity index (χ0) is 53.5. The van der Waals surface area contributed by atoms with Crippen molar-refractivity contribution >= 4 is 40.4 Å². The number of carbonyl (C=O) groups excluding carboxylic acids is 3. The highest BCUT2D eigenvalue weighted by Crippen LogP contribution is 2.46. The van der Waals surface area contributed by atoms with E-state index in [4.69, 9.17) is 13.9 Å². The quantitative estimate of drug-likeness (QED) is 0.0748. The molecule has 0 spiro atoms. The number of unbranched alkanes of at least 4 members (excludes halogenated alkanes) is 1. The number of hydrogen-bond acceptors (Lipinski definition) is 13. The van der Waals surface area contributed by atoms with Crippen molar-refractivity contribution < 1.29 is 68.5 Å². The van der Waals surface area contributed by atoms with Crippen LogP contribution in [0.5, 0.6) is 5.75 Å². The third-order valence-electron chi connectivity index (χ3n) is 12.1. The highest BCUT2D eigenvalue weighted by molar-refractivity contribution is 7.13. The van der Waals surface area contributed by atoms with Crippen LogP contribution in [0.1, 0.15) is 88.2 Å². The molecule has 2 fully saturated rings. The lowest BCUT2D eigenvalue weighted by atomic mass is 9.85. The number of halogens is 8. The lowest BCUT2D eigenvalue weighted by Gasteiger charge is -2.35. The number of nitriles is 1. The van der Waals surface area contributed by atoms with Crippen LogP contribution in [0, 0.1) is 35.3 Å². The first-order chi connectivity index (χ1) is 34.1. The second-order valence-electron chi connectivity index (χ2n) is 18.8. The number of aliphatic hydroxyl groups excluding tert-OH is 1. The zero-order valence-corrected chi connectivity index (χ0v) is 40.9. The predicted octanol–water partition coefficient (Wildman–Crippen LogP) is 9.50. The van der Waals surface area contributed by atoms with Crippen LogP contribution in [0.15, 0.2) is 71.1 Å². The molecule has 2 saturated heterocycles. The Labute approximate surface area is 417 Å². The Hall–Kier alpha value is -6.97. The fourth-order valence-corrected chi connectivity index (χ4v) is 9.34. The number of likely N-dealkylation sites (tertiary alicyclic amines) is 1. The first kappa shape index (κ1) is 53.8. The van der Waals surface area contributed by atoms with E-state index in [-0.39, 0.29) is 49.9 Å².